The number of aromatic nitrogens is 2. The average Bonchev–Trinajstić information content (AvgIpc) is 3.08. The van der Waals surface area contributed by atoms with Gasteiger partial charge in [0, 0.05) is 30.0 Å². The molecule has 0 amide bonds. The van der Waals surface area contributed by atoms with Gasteiger partial charge in [-0.1, -0.05) is 12.1 Å². The number of anilines is 1. The first-order valence-electron chi connectivity index (χ1n) is 6.17. The van der Waals surface area contributed by atoms with E-state index in [9.17, 15) is 0 Å². The van der Waals surface area contributed by atoms with Crippen LogP contribution in [0.15, 0.2) is 36.8 Å². The molecule has 17 heavy (non-hydrogen) atoms. The summed E-state index contributed by atoms with van der Waals surface area (Å²) in [7, 11) is 0. The van der Waals surface area contributed by atoms with Crippen molar-refractivity contribution >= 4 is 5.69 Å². The Labute approximate surface area is 101 Å². The standard InChI is InChI=1S/C14H17N3/c15-13-5-1-11(2-6-13)7-8-17-10-16-9-14(17)12-3-4-12/h1-2,5-6,9-10,12H,3-4,7-8,15H2. The largest absolute Gasteiger partial charge is 0.399 e. The summed E-state index contributed by atoms with van der Waals surface area (Å²) in [5, 5.41) is 0. The predicted octanol–water partition coefficient (Wildman–Crippen LogP) is 2.59. The second-order valence-electron chi connectivity index (χ2n) is 4.78. The minimum Gasteiger partial charge on any atom is -0.399 e. The lowest BCUT2D eigenvalue weighted by Gasteiger charge is -2.07. The molecule has 1 aromatic heterocycles. The molecular formula is C14H17N3. The van der Waals surface area contributed by atoms with Crippen LogP contribution >= 0.6 is 0 Å². The number of benzene rings is 1. The van der Waals surface area contributed by atoms with E-state index < -0.39 is 0 Å². The maximum absolute atomic E-state index is 5.67. The molecule has 88 valence electrons. The van der Waals surface area contributed by atoms with Gasteiger partial charge in [-0.2, -0.15) is 0 Å². The zero-order chi connectivity index (χ0) is 11.7. The summed E-state index contributed by atoms with van der Waals surface area (Å²) in [6.45, 7) is 1.01. The summed E-state index contributed by atoms with van der Waals surface area (Å²) < 4.78 is 2.29. The van der Waals surface area contributed by atoms with Crippen LogP contribution in [0, 0.1) is 0 Å². The number of nitrogens with two attached hydrogens (primary N) is 1. The molecule has 0 saturated heterocycles. The van der Waals surface area contributed by atoms with E-state index in [1.54, 1.807) is 0 Å². The zero-order valence-electron chi connectivity index (χ0n) is 9.84. The summed E-state index contributed by atoms with van der Waals surface area (Å²) in [5.74, 6) is 0.768. The smallest absolute Gasteiger partial charge is 0.0948 e. The Morgan fingerprint density at radius 1 is 1.24 bits per heavy atom. The van der Waals surface area contributed by atoms with Gasteiger partial charge in [0.2, 0.25) is 0 Å². The molecule has 0 atom stereocenters. The third kappa shape index (κ3) is 2.33. The van der Waals surface area contributed by atoms with Crippen LogP contribution in [0.2, 0.25) is 0 Å². The van der Waals surface area contributed by atoms with Crippen molar-refractivity contribution in [3.8, 4) is 0 Å². The van der Waals surface area contributed by atoms with Gasteiger partial charge in [-0.25, -0.2) is 4.98 Å². The van der Waals surface area contributed by atoms with Gasteiger partial charge in [-0.3, -0.25) is 0 Å². The summed E-state index contributed by atoms with van der Waals surface area (Å²) in [6.07, 6.45) is 7.66. The predicted molar refractivity (Wildman–Crippen MR) is 68.8 cm³/mol. The van der Waals surface area contributed by atoms with E-state index in [2.05, 4.69) is 21.7 Å². The van der Waals surface area contributed by atoms with E-state index in [-0.39, 0.29) is 0 Å². The lowest BCUT2D eigenvalue weighted by atomic mass is 10.1. The van der Waals surface area contributed by atoms with Crippen molar-refractivity contribution in [2.24, 2.45) is 0 Å². The number of hydrogen-bond donors (Lipinski definition) is 1. The normalized spacial score (nSPS) is 15.1. The highest BCUT2D eigenvalue weighted by Gasteiger charge is 2.26. The molecule has 3 rings (SSSR count). The number of hydrogen-bond acceptors (Lipinski definition) is 2. The molecule has 0 unspecified atom stereocenters. The third-order valence-corrected chi connectivity index (χ3v) is 3.36. The van der Waals surface area contributed by atoms with Crippen molar-refractivity contribution in [2.45, 2.75) is 31.7 Å². The van der Waals surface area contributed by atoms with E-state index in [1.807, 2.05) is 24.7 Å². The molecule has 1 aliphatic rings. The van der Waals surface area contributed by atoms with Gasteiger partial charge < -0.3 is 10.3 Å². The Hall–Kier alpha value is -1.77. The first kappa shape index (κ1) is 10.4. The van der Waals surface area contributed by atoms with Crippen molar-refractivity contribution in [1.29, 1.82) is 0 Å². The van der Waals surface area contributed by atoms with Gasteiger partial charge in [-0.05, 0) is 37.0 Å². The monoisotopic (exact) mass is 227 g/mol. The minimum absolute atomic E-state index is 0.768. The molecule has 1 aromatic carbocycles. The molecule has 1 saturated carbocycles. The molecule has 3 nitrogen and oxygen atoms in total. The molecule has 1 heterocycles. The maximum Gasteiger partial charge on any atom is 0.0948 e. The Bertz CT molecular complexity index is 494. The van der Waals surface area contributed by atoms with E-state index in [1.165, 1.54) is 24.1 Å². The average molecular weight is 227 g/mol. The Morgan fingerprint density at radius 3 is 2.71 bits per heavy atom. The van der Waals surface area contributed by atoms with Crippen LogP contribution in [-0.2, 0) is 13.0 Å². The number of aryl methyl sites for hydroxylation is 2. The first-order valence-corrected chi connectivity index (χ1v) is 6.17. The highest BCUT2D eigenvalue weighted by Crippen LogP contribution is 2.39. The zero-order valence-corrected chi connectivity index (χ0v) is 9.84. The molecule has 0 spiro atoms. The van der Waals surface area contributed by atoms with E-state index in [0.29, 0.717) is 0 Å². The topological polar surface area (TPSA) is 43.8 Å². The van der Waals surface area contributed by atoms with Crippen molar-refractivity contribution in [3.63, 3.8) is 0 Å². The highest BCUT2D eigenvalue weighted by molar-refractivity contribution is 5.39. The third-order valence-electron chi connectivity index (χ3n) is 3.36. The van der Waals surface area contributed by atoms with Gasteiger partial charge >= 0.3 is 0 Å². The van der Waals surface area contributed by atoms with Crippen molar-refractivity contribution in [3.05, 3.63) is 48.0 Å². The molecule has 1 aliphatic carbocycles. The second kappa shape index (κ2) is 4.24. The quantitative estimate of drug-likeness (QED) is 0.816. The fraction of sp³-hybridized carbons (Fsp3) is 0.357. The van der Waals surface area contributed by atoms with E-state index >= 15 is 0 Å². The van der Waals surface area contributed by atoms with Gasteiger partial charge in [0.05, 0.1) is 6.33 Å². The Kier molecular flexibility index (Phi) is 2.59. The summed E-state index contributed by atoms with van der Waals surface area (Å²) >= 11 is 0. The van der Waals surface area contributed by atoms with Crippen LogP contribution in [-0.4, -0.2) is 9.55 Å². The summed E-state index contributed by atoms with van der Waals surface area (Å²) in [4.78, 5) is 4.25. The minimum atomic E-state index is 0.768. The lowest BCUT2D eigenvalue weighted by Crippen LogP contribution is -2.03. The van der Waals surface area contributed by atoms with Crippen LogP contribution in [0.25, 0.3) is 0 Å². The van der Waals surface area contributed by atoms with Crippen molar-refractivity contribution in [2.75, 3.05) is 5.73 Å². The molecular weight excluding hydrogens is 210 g/mol. The molecule has 0 radical (unpaired) electrons. The Morgan fingerprint density at radius 2 is 2.00 bits per heavy atom. The van der Waals surface area contributed by atoms with Gasteiger partial charge in [-0.15, -0.1) is 0 Å². The first-order chi connectivity index (χ1) is 8.33. The van der Waals surface area contributed by atoms with Gasteiger partial charge in [0.1, 0.15) is 0 Å². The van der Waals surface area contributed by atoms with Crippen molar-refractivity contribution < 1.29 is 0 Å². The van der Waals surface area contributed by atoms with Crippen LogP contribution in [0.3, 0.4) is 0 Å². The van der Waals surface area contributed by atoms with Crippen molar-refractivity contribution in [1.82, 2.24) is 9.55 Å². The van der Waals surface area contributed by atoms with Gasteiger partial charge in [0.25, 0.3) is 0 Å². The summed E-state index contributed by atoms with van der Waals surface area (Å²) in [5.41, 5.74) is 9.23. The van der Waals surface area contributed by atoms with Crippen LogP contribution < -0.4 is 5.73 Å². The molecule has 0 bridgehead atoms. The Balaban J connectivity index is 1.67. The highest BCUT2D eigenvalue weighted by atomic mass is 15.0. The number of imidazole rings is 1. The fourth-order valence-electron chi connectivity index (χ4n) is 2.17. The SMILES string of the molecule is Nc1ccc(CCn2cncc2C2CC2)cc1. The van der Waals surface area contributed by atoms with Crippen LogP contribution in [0.1, 0.15) is 30.0 Å². The molecule has 2 aromatic rings. The fourth-order valence-corrected chi connectivity index (χ4v) is 2.17. The molecule has 3 heteroatoms. The van der Waals surface area contributed by atoms with Crippen LogP contribution in [0.4, 0.5) is 5.69 Å². The molecule has 2 N–H and O–H groups in total. The second-order valence-corrected chi connectivity index (χ2v) is 4.78. The van der Waals surface area contributed by atoms with Gasteiger partial charge in [0.15, 0.2) is 0 Å². The molecule has 0 aliphatic heterocycles. The summed E-state index contributed by atoms with van der Waals surface area (Å²) in [6, 6.07) is 8.13. The molecule has 1 fully saturated rings. The van der Waals surface area contributed by atoms with Crippen LogP contribution in [0.5, 0.6) is 0 Å². The number of rotatable bonds is 4. The van der Waals surface area contributed by atoms with E-state index in [0.717, 1.165) is 24.6 Å². The number of nitrogens with zero attached hydrogens (tertiary/aromatic N) is 2. The number of nitrogen functional groups attached to an aromatic ring is 1. The van der Waals surface area contributed by atoms with E-state index in [4.69, 9.17) is 5.73 Å². The maximum atomic E-state index is 5.67. The lowest BCUT2D eigenvalue weighted by molar-refractivity contribution is 0.661.